The van der Waals surface area contributed by atoms with Crippen LogP contribution in [0.25, 0.3) is 0 Å². The number of nitrogens with one attached hydrogen (secondary N) is 1. The molecule has 0 aromatic carbocycles. The summed E-state index contributed by atoms with van der Waals surface area (Å²) in [4.78, 5) is 1.82. The first kappa shape index (κ1) is 15.8. The quantitative estimate of drug-likeness (QED) is 0.780. The molecule has 0 bridgehead atoms. The Morgan fingerprint density at radius 3 is 2.54 bits per heavy atom. The van der Waals surface area contributed by atoms with Crippen LogP contribution in [0.4, 0.5) is 8.78 Å². The average molecular weight is 237 g/mol. The summed E-state index contributed by atoms with van der Waals surface area (Å²) in [6.45, 7) is 4.28. The van der Waals surface area contributed by atoms with Gasteiger partial charge < -0.3 is 5.32 Å². The van der Waals surface area contributed by atoms with Gasteiger partial charge in [-0.3, -0.25) is 4.90 Å². The van der Waals surface area contributed by atoms with Crippen LogP contribution in [0.1, 0.15) is 6.92 Å². The molecule has 13 heavy (non-hydrogen) atoms. The van der Waals surface area contributed by atoms with Gasteiger partial charge in [0.2, 0.25) is 0 Å². The third kappa shape index (κ3) is 5.62. The normalized spacial score (nSPS) is 23.5. The molecule has 6 heteroatoms. The molecule has 0 spiro atoms. The van der Waals surface area contributed by atoms with Crippen molar-refractivity contribution >= 4 is 24.8 Å². The van der Waals surface area contributed by atoms with E-state index in [0.717, 1.165) is 19.6 Å². The SMILES string of the molecule is C[C@H]1CNCCN1CC(F)F.Cl.Cl. The lowest BCUT2D eigenvalue weighted by Gasteiger charge is -2.33. The van der Waals surface area contributed by atoms with E-state index in [9.17, 15) is 8.78 Å². The van der Waals surface area contributed by atoms with Gasteiger partial charge in [-0.2, -0.15) is 0 Å². The summed E-state index contributed by atoms with van der Waals surface area (Å²) in [5, 5.41) is 3.15. The molecule has 1 atom stereocenters. The molecule has 1 rings (SSSR count). The lowest BCUT2D eigenvalue weighted by atomic mass is 10.2. The van der Waals surface area contributed by atoms with Crippen molar-refractivity contribution in [2.75, 3.05) is 26.2 Å². The smallest absolute Gasteiger partial charge is 0.251 e. The van der Waals surface area contributed by atoms with Crippen LogP contribution in [0.15, 0.2) is 0 Å². The minimum atomic E-state index is -2.20. The predicted molar refractivity (Wildman–Crippen MR) is 54.4 cm³/mol. The molecule has 1 saturated heterocycles. The Hall–Kier alpha value is 0.360. The van der Waals surface area contributed by atoms with Gasteiger partial charge in [-0.15, -0.1) is 24.8 Å². The summed E-state index contributed by atoms with van der Waals surface area (Å²) in [5.74, 6) is 0. The Kier molecular flexibility index (Phi) is 9.41. The third-order valence-corrected chi connectivity index (χ3v) is 2.01. The van der Waals surface area contributed by atoms with Crippen LogP contribution < -0.4 is 5.32 Å². The molecule has 1 N–H and O–H groups in total. The van der Waals surface area contributed by atoms with E-state index in [0.29, 0.717) is 0 Å². The van der Waals surface area contributed by atoms with E-state index in [-0.39, 0.29) is 37.4 Å². The molecule has 1 aliphatic rings. The van der Waals surface area contributed by atoms with E-state index in [1.165, 1.54) is 0 Å². The summed E-state index contributed by atoms with van der Waals surface area (Å²) in [7, 11) is 0. The highest BCUT2D eigenvalue weighted by molar-refractivity contribution is 5.85. The van der Waals surface area contributed by atoms with Crippen molar-refractivity contribution < 1.29 is 8.78 Å². The highest BCUT2D eigenvalue weighted by Crippen LogP contribution is 2.05. The van der Waals surface area contributed by atoms with Crippen LogP contribution in [-0.4, -0.2) is 43.5 Å². The summed E-state index contributed by atoms with van der Waals surface area (Å²) in [6, 6.07) is 0.248. The van der Waals surface area contributed by atoms with Gasteiger partial charge in [-0.05, 0) is 6.92 Å². The number of piperazine rings is 1. The zero-order valence-corrected chi connectivity index (χ0v) is 9.14. The predicted octanol–water partition coefficient (Wildman–Crippen LogP) is 1.39. The van der Waals surface area contributed by atoms with E-state index < -0.39 is 6.43 Å². The first-order chi connectivity index (χ1) is 5.20. The first-order valence-electron chi connectivity index (χ1n) is 3.93. The summed E-state index contributed by atoms with van der Waals surface area (Å²) in [5.41, 5.74) is 0. The van der Waals surface area contributed by atoms with E-state index >= 15 is 0 Å². The molecule has 0 amide bonds. The molecule has 0 aromatic heterocycles. The fourth-order valence-electron chi connectivity index (χ4n) is 1.33. The maximum absolute atomic E-state index is 11.9. The molecular weight excluding hydrogens is 221 g/mol. The molecular formula is C7H16Cl2F2N2. The van der Waals surface area contributed by atoms with Crippen molar-refractivity contribution in [3.63, 3.8) is 0 Å². The molecule has 0 aliphatic carbocycles. The molecule has 82 valence electrons. The van der Waals surface area contributed by atoms with Gasteiger partial charge in [0.05, 0.1) is 6.54 Å². The van der Waals surface area contributed by atoms with E-state index in [1.54, 1.807) is 0 Å². The van der Waals surface area contributed by atoms with E-state index in [4.69, 9.17) is 0 Å². The van der Waals surface area contributed by atoms with Gasteiger partial charge in [0.1, 0.15) is 0 Å². The fourth-order valence-corrected chi connectivity index (χ4v) is 1.33. The monoisotopic (exact) mass is 236 g/mol. The van der Waals surface area contributed by atoms with Crippen LogP contribution >= 0.6 is 24.8 Å². The second-order valence-electron chi connectivity index (χ2n) is 2.94. The highest BCUT2D eigenvalue weighted by atomic mass is 35.5. The molecule has 1 heterocycles. The number of rotatable bonds is 2. The number of nitrogens with zero attached hydrogens (tertiary/aromatic N) is 1. The minimum absolute atomic E-state index is 0. The van der Waals surface area contributed by atoms with Crippen LogP contribution in [0.3, 0.4) is 0 Å². The molecule has 1 fully saturated rings. The number of alkyl halides is 2. The Morgan fingerprint density at radius 2 is 2.08 bits per heavy atom. The minimum Gasteiger partial charge on any atom is -0.314 e. The number of hydrogen-bond donors (Lipinski definition) is 1. The zero-order valence-electron chi connectivity index (χ0n) is 7.50. The third-order valence-electron chi connectivity index (χ3n) is 2.01. The average Bonchev–Trinajstić information content (AvgIpc) is 1.93. The zero-order chi connectivity index (χ0) is 8.27. The Balaban J connectivity index is 0. The standard InChI is InChI=1S/C7H14F2N2.2ClH/c1-6-4-10-2-3-11(6)5-7(8)9;;/h6-7,10H,2-5H2,1H3;2*1H/t6-;;/m0../s1. The van der Waals surface area contributed by atoms with Gasteiger partial charge >= 0.3 is 0 Å². The van der Waals surface area contributed by atoms with Crippen LogP contribution in [0.5, 0.6) is 0 Å². The molecule has 0 unspecified atom stereocenters. The molecule has 0 radical (unpaired) electrons. The second-order valence-corrected chi connectivity index (χ2v) is 2.94. The van der Waals surface area contributed by atoms with Gasteiger partial charge in [0.25, 0.3) is 6.43 Å². The van der Waals surface area contributed by atoms with Crippen molar-refractivity contribution in [2.24, 2.45) is 0 Å². The van der Waals surface area contributed by atoms with Crippen molar-refractivity contribution in [3.8, 4) is 0 Å². The second kappa shape index (κ2) is 7.74. The largest absolute Gasteiger partial charge is 0.314 e. The van der Waals surface area contributed by atoms with Gasteiger partial charge in [0.15, 0.2) is 0 Å². The Morgan fingerprint density at radius 1 is 1.46 bits per heavy atom. The summed E-state index contributed by atoms with van der Waals surface area (Å²) >= 11 is 0. The number of halogens is 4. The summed E-state index contributed by atoms with van der Waals surface area (Å²) in [6.07, 6.45) is -2.20. The molecule has 0 aromatic rings. The number of hydrogen-bond acceptors (Lipinski definition) is 2. The topological polar surface area (TPSA) is 15.3 Å². The Labute approximate surface area is 89.9 Å². The summed E-state index contributed by atoms with van der Waals surface area (Å²) < 4.78 is 23.9. The van der Waals surface area contributed by atoms with Crippen molar-refractivity contribution in [3.05, 3.63) is 0 Å². The van der Waals surface area contributed by atoms with Crippen molar-refractivity contribution in [2.45, 2.75) is 19.4 Å². The van der Waals surface area contributed by atoms with Gasteiger partial charge in [-0.25, -0.2) is 8.78 Å². The van der Waals surface area contributed by atoms with Gasteiger partial charge in [-0.1, -0.05) is 0 Å². The Bertz CT molecular complexity index is 127. The first-order valence-corrected chi connectivity index (χ1v) is 3.93. The molecule has 0 saturated carbocycles. The highest BCUT2D eigenvalue weighted by Gasteiger charge is 2.20. The van der Waals surface area contributed by atoms with Crippen molar-refractivity contribution in [1.82, 2.24) is 10.2 Å². The van der Waals surface area contributed by atoms with Gasteiger partial charge in [0, 0.05) is 25.7 Å². The van der Waals surface area contributed by atoms with Crippen LogP contribution in [-0.2, 0) is 0 Å². The van der Waals surface area contributed by atoms with Crippen molar-refractivity contribution in [1.29, 1.82) is 0 Å². The maximum atomic E-state index is 11.9. The maximum Gasteiger partial charge on any atom is 0.251 e. The molecule has 1 aliphatic heterocycles. The fraction of sp³-hybridized carbons (Fsp3) is 1.00. The molecule has 2 nitrogen and oxygen atoms in total. The van der Waals surface area contributed by atoms with Crippen LogP contribution in [0, 0.1) is 0 Å². The van der Waals surface area contributed by atoms with E-state index in [2.05, 4.69) is 5.32 Å². The lowest BCUT2D eigenvalue weighted by molar-refractivity contribution is 0.0598. The lowest BCUT2D eigenvalue weighted by Crippen LogP contribution is -2.51. The van der Waals surface area contributed by atoms with Crippen LogP contribution in [0.2, 0.25) is 0 Å². The van der Waals surface area contributed by atoms with E-state index in [1.807, 2.05) is 11.8 Å².